The number of carbonyl (C=O) groups is 1. The molecule has 0 unspecified atom stereocenters. The second kappa shape index (κ2) is 6.16. The van der Waals surface area contributed by atoms with Crippen molar-refractivity contribution < 1.29 is 22.8 Å². The number of rotatable bonds is 3. The molecule has 0 atom stereocenters. The number of urea groups is 1. The minimum atomic E-state index is -4.48. The van der Waals surface area contributed by atoms with Crippen LogP contribution < -0.4 is 4.90 Å². The van der Waals surface area contributed by atoms with Crippen LogP contribution in [0.15, 0.2) is 48.5 Å². The number of hydrogen-bond donors (Lipinski definition) is 0. The predicted molar refractivity (Wildman–Crippen MR) is 82.0 cm³/mol. The van der Waals surface area contributed by atoms with Crippen LogP contribution in [0, 0.1) is 0 Å². The number of nitrogens with zero attached hydrogens (tertiary/aromatic N) is 2. The Hall–Kier alpha value is -2.54. The Morgan fingerprint density at radius 3 is 2.46 bits per heavy atom. The lowest BCUT2D eigenvalue weighted by Crippen LogP contribution is -2.46. The number of benzene rings is 2. The van der Waals surface area contributed by atoms with Gasteiger partial charge >= 0.3 is 12.2 Å². The third-order valence-corrected chi connectivity index (χ3v) is 3.91. The Kier molecular flexibility index (Phi) is 4.19. The molecule has 0 saturated carbocycles. The molecule has 0 spiro atoms. The van der Waals surface area contributed by atoms with Crippen molar-refractivity contribution in [3.8, 4) is 0 Å². The molecule has 1 aliphatic rings. The molecule has 4 nitrogen and oxygen atoms in total. The van der Waals surface area contributed by atoms with E-state index in [4.69, 9.17) is 4.84 Å². The van der Waals surface area contributed by atoms with Gasteiger partial charge in [0.2, 0.25) is 0 Å². The summed E-state index contributed by atoms with van der Waals surface area (Å²) in [4.78, 5) is 18.9. The molecule has 7 heteroatoms. The number of alkyl halides is 3. The summed E-state index contributed by atoms with van der Waals surface area (Å²) in [6.07, 6.45) is -4.48. The Labute approximate surface area is 137 Å². The number of hydrogen-bond acceptors (Lipinski definition) is 2. The molecule has 0 saturated heterocycles. The summed E-state index contributed by atoms with van der Waals surface area (Å²) < 4.78 is 39.6. The number of fused-ring (bicyclic) bond motifs is 1. The monoisotopic (exact) mass is 336 g/mol. The first-order valence-corrected chi connectivity index (χ1v) is 7.28. The van der Waals surface area contributed by atoms with Crippen molar-refractivity contribution in [3.63, 3.8) is 0 Å². The highest BCUT2D eigenvalue weighted by Crippen LogP contribution is 2.35. The van der Waals surface area contributed by atoms with Gasteiger partial charge in [0, 0.05) is 0 Å². The van der Waals surface area contributed by atoms with E-state index in [-0.39, 0.29) is 18.7 Å². The first-order chi connectivity index (χ1) is 11.4. The van der Waals surface area contributed by atoms with E-state index in [1.807, 2.05) is 12.1 Å². The predicted octanol–water partition coefficient (Wildman–Crippen LogP) is 4.21. The minimum Gasteiger partial charge on any atom is -0.288 e. The van der Waals surface area contributed by atoms with E-state index in [1.54, 1.807) is 12.1 Å². The van der Waals surface area contributed by atoms with Crippen LogP contribution in [0.25, 0.3) is 0 Å². The Morgan fingerprint density at radius 2 is 1.75 bits per heavy atom. The van der Waals surface area contributed by atoms with Crippen molar-refractivity contribution in [2.24, 2.45) is 0 Å². The first-order valence-electron chi connectivity index (χ1n) is 7.28. The lowest BCUT2D eigenvalue weighted by Gasteiger charge is -2.35. The van der Waals surface area contributed by atoms with Gasteiger partial charge in [-0.05, 0) is 23.3 Å². The largest absolute Gasteiger partial charge is 0.416 e. The number of anilines is 1. The summed E-state index contributed by atoms with van der Waals surface area (Å²) in [6, 6.07) is 11.9. The molecule has 1 heterocycles. The van der Waals surface area contributed by atoms with Gasteiger partial charge in [-0.25, -0.2) is 4.79 Å². The van der Waals surface area contributed by atoms with Gasteiger partial charge in [-0.3, -0.25) is 9.74 Å². The molecule has 0 radical (unpaired) electrons. The zero-order valence-corrected chi connectivity index (χ0v) is 12.9. The van der Waals surface area contributed by atoms with Gasteiger partial charge in [0.15, 0.2) is 0 Å². The normalized spacial score (nSPS) is 14.8. The fourth-order valence-corrected chi connectivity index (χ4v) is 2.77. The maximum atomic E-state index is 13.2. The van der Waals surface area contributed by atoms with Gasteiger partial charge in [0.1, 0.15) is 0 Å². The van der Waals surface area contributed by atoms with Gasteiger partial charge < -0.3 is 0 Å². The summed E-state index contributed by atoms with van der Waals surface area (Å²) >= 11 is 0. The zero-order valence-electron chi connectivity index (χ0n) is 12.9. The van der Waals surface area contributed by atoms with Crippen molar-refractivity contribution in [2.75, 3.05) is 12.0 Å². The lowest BCUT2D eigenvalue weighted by atomic mass is 10.0. The molecule has 126 valence electrons. The van der Waals surface area contributed by atoms with Crippen LogP contribution in [-0.4, -0.2) is 18.2 Å². The quantitative estimate of drug-likeness (QED) is 0.841. The van der Waals surface area contributed by atoms with Crippen molar-refractivity contribution in [3.05, 3.63) is 65.2 Å². The van der Waals surface area contributed by atoms with Crippen LogP contribution in [0.5, 0.6) is 0 Å². The molecule has 0 fully saturated rings. The van der Waals surface area contributed by atoms with Crippen LogP contribution >= 0.6 is 0 Å². The van der Waals surface area contributed by atoms with Crippen LogP contribution in [0.2, 0.25) is 0 Å². The van der Waals surface area contributed by atoms with Crippen LogP contribution in [0.3, 0.4) is 0 Å². The summed E-state index contributed by atoms with van der Waals surface area (Å²) in [5, 5.41) is 1.12. The molecule has 3 rings (SSSR count). The summed E-state index contributed by atoms with van der Waals surface area (Å²) in [6.45, 7) is 0.0638. The van der Waals surface area contributed by atoms with Crippen molar-refractivity contribution in [1.82, 2.24) is 5.06 Å². The van der Waals surface area contributed by atoms with Crippen LogP contribution in [-0.2, 0) is 24.1 Å². The molecular formula is C17H15F3N2O2. The van der Waals surface area contributed by atoms with Crippen LogP contribution in [0.1, 0.15) is 16.7 Å². The number of amides is 2. The van der Waals surface area contributed by atoms with E-state index in [9.17, 15) is 18.0 Å². The van der Waals surface area contributed by atoms with E-state index >= 15 is 0 Å². The topological polar surface area (TPSA) is 32.8 Å². The number of carbonyl (C=O) groups excluding carboxylic acids is 1. The van der Waals surface area contributed by atoms with Crippen LogP contribution in [0.4, 0.5) is 23.7 Å². The Morgan fingerprint density at radius 1 is 1.08 bits per heavy atom. The van der Waals surface area contributed by atoms with Crippen molar-refractivity contribution >= 4 is 11.7 Å². The van der Waals surface area contributed by atoms with Gasteiger partial charge in [-0.15, -0.1) is 0 Å². The molecule has 2 aromatic carbocycles. The van der Waals surface area contributed by atoms with Crippen molar-refractivity contribution in [1.29, 1.82) is 0 Å². The highest BCUT2D eigenvalue weighted by molar-refractivity contribution is 5.94. The van der Waals surface area contributed by atoms with E-state index in [0.717, 1.165) is 16.7 Å². The zero-order chi connectivity index (χ0) is 17.3. The fourth-order valence-electron chi connectivity index (χ4n) is 2.77. The maximum Gasteiger partial charge on any atom is 0.416 e. The average molecular weight is 336 g/mol. The summed E-state index contributed by atoms with van der Waals surface area (Å²) in [7, 11) is 1.35. The van der Waals surface area contributed by atoms with Gasteiger partial charge in [-0.2, -0.15) is 18.2 Å². The number of para-hydroxylation sites is 1. The smallest absolute Gasteiger partial charge is 0.288 e. The summed E-state index contributed by atoms with van der Waals surface area (Å²) in [5.41, 5.74) is 0.687. The van der Waals surface area contributed by atoms with Gasteiger partial charge in [-0.1, -0.05) is 36.4 Å². The van der Waals surface area contributed by atoms with E-state index in [0.29, 0.717) is 5.69 Å². The molecule has 0 aliphatic carbocycles. The highest BCUT2D eigenvalue weighted by Gasteiger charge is 2.36. The first kappa shape index (κ1) is 16.3. The van der Waals surface area contributed by atoms with Gasteiger partial charge in [0.05, 0.1) is 31.5 Å². The molecule has 2 aromatic rings. The molecule has 0 N–H and O–H groups in total. The number of hydroxylamine groups is 2. The van der Waals surface area contributed by atoms with E-state index in [2.05, 4.69) is 0 Å². The average Bonchev–Trinajstić information content (AvgIpc) is 2.56. The second-order valence-electron chi connectivity index (χ2n) is 5.37. The molecule has 0 bridgehead atoms. The highest BCUT2D eigenvalue weighted by atomic mass is 19.4. The molecule has 24 heavy (non-hydrogen) atoms. The molecule has 2 amide bonds. The fraction of sp³-hybridized carbons (Fsp3) is 0.235. The Bertz CT molecular complexity index is 761. The second-order valence-corrected chi connectivity index (χ2v) is 5.37. The third kappa shape index (κ3) is 2.94. The van der Waals surface area contributed by atoms with Crippen molar-refractivity contribution in [2.45, 2.75) is 19.3 Å². The SMILES string of the molecule is CON1Cc2ccccc2N(Cc2ccccc2C(F)(F)F)C1=O. The standard InChI is InChI=1S/C17H15F3N2O2/c1-24-22-11-13-7-3-5-9-15(13)21(16(22)23)10-12-6-2-4-8-14(12)17(18,19)20/h2-9H,10-11H2,1H3. The number of halogens is 3. The Balaban J connectivity index is 2.02. The lowest BCUT2D eigenvalue weighted by molar-refractivity contribution is -0.138. The van der Waals surface area contributed by atoms with E-state index < -0.39 is 17.8 Å². The third-order valence-electron chi connectivity index (χ3n) is 3.91. The molecular weight excluding hydrogens is 321 g/mol. The minimum absolute atomic E-state index is 0.0334. The maximum absolute atomic E-state index is 13.2. The molecule has 0 aromatic heterocycles. The molecule has 1 aliphatic heterocycles. The summed E-state index contributed by atoms with van der Waals surface area (Å²) in [5.74, 6) is 0. The van der Waals surface area contributed by atoms with E-state index in [1.165, 1.54) is 30.2 Å². The van der Waals surface area contributed by atoms with Gasteiger partial charge in [0.25, 0.3) is 0 Å².